The van der Waals surface area contributed by atoms with Gasteiger partial charge in [0, 0.05) is 11.6 Å². The maximum Gasteiger partial charge on any atom is 0.289 e. The summed E-state index contributed by atoms with van der Waals surface area (Å²) in [5, 5.41) is 28.9. The summed E-state index contributed by atoms with van der Waals surface area (Å²) in [5.41, 5.74) is 5.16. The van der Waals surface area contributed by atoms with Gasteiger partial charge in [0.15, 0.2) is 0 Å². The van der Waals surface area contributed by atoms with Crippen molar-refractivity contribution in [1.29, 1.82) is 0 Å². The molecule has 0 aliphatic heterocycles. The number of nitrogens with zero attached hydrogens (tertiary/aromatic N) is 1. The zero-order valence-electron chi connectivity index (χ0n) is 7.85. The van der Waals surface area contributed by atoms with Gasteiger partial charge in [-0.3, -0.25) is 10.1 Å². The number of nitro benzene ring substituents is 1. The van der Waals surface area contributed by atoms with Crippen molar-refractivity contribution in [1.82, 2.24) is 0 Å². The second kappa shape index (κ2) is 4.96. The van der Waals surface area contributed by atoms with Crippen LogP contribution in [0.15, 0.2) is 10.5 Å². The third kappa shape index (κ3) is 2.27. The van der Waals surface area contributed by atoms with Gasteiger partial charge in [-0.25, -0.2) is 0 Å². The zero-order chi connectivity index (χ0) is 12.5. The second-order valence-corrected chi connectivity index (χ2v) is 4.18. The van der Waals surface area contributed by atoms with Crippen LogP contribution < -0.4 is 5.73 Å². The number of rotatable bonds is 3. The lowest BCUT2D eigenvalue weighted by molar-refractivity contribution is -0.384. The predicted molar refractivity (Wildman–Crippen MR) is 61.5 cm³/mol. The second-order valence-electron chi connectivity index (χ2n) is 3.01. The van der Waals surface area contributed by atoms with E-state index in [1.165, 1.54) is 0 Å². The summed E-state index contributed by atoms with van der Waals surface area (Å²) in [5.74, 6) is -0.308. The van der Waals surface area contributed by atoms with Crippen LogP contribution in [0, 0.1) is 10.1 Å². The van der Waals surface area contributed by atoms with Crippen LogP contribution in [-0.2, 0) is 0 Å². The van der Waals surface area contributed by atoms with E-state index in [9.17, 15) is 15.2 Å². The summed E-state index contributed by atoms with van der Waals surface area (Å²) in [6.45, 7) is -0.446. The Hall–Kier alpha value is -0.890. The number of hydrogen-bond acceptors (Lipinski definition) is 5. The summed E-state index contributed by atoms with van der Waals surface area (Å²) in [6, 6.07) is 0.135. The Labute approximate surface area is 104 Å². The molecule has 0 aromatic heterocycles. The van der Waals surface area contributed by atoms with E-state index in [1.807, 2.05) is 0 Å². The SMILES string of the molecule is N[C@H](CO)c1cc([N+](=O)[O-])c(Cl)c(Br)c1O. The average molecular weight is 312 g/mol. The molecule has 0 saturated heterocycles. The van der Waals surface area contributed by atoms with Gasteiger partial charge in [0.2, 0.25) is 0 Å². The minimum atomic E-state index is -0.910. The standard InChI is InChI=1S/C8H8BrClN2O4/c9-6-7(10)5(12(15)16)1-3(8(6)14)4(11)2-13/h1,4,13-14H,2,11H2/t4-/m1/s1. The van der Waals surface area contributed by atoms with E-state index < -0.39 is 17.6 Å². The largest absolute Gasteiger partial charge is 0.506 e. The lowest BCUT2D eigenvalue weighted by Crippen LogP contribution is -2.15. The number of aliphatic hydroxyl groups is 1. The van der Waals surface area contributed by atoms with Gasteiger partial charge in [-0.05, 0) is 15.9 Å². The van der Waals surface area contributed by atoms with E-state index in [2.05, 4.69) is 15.9 Å². The fourth-order valence-electron chi connectivity index (χ4n) is 1.14. The van der Waals surface area contributed by atoms with Crippen LogP contribution in [-0.4, -0.2) is 21.7 Å². The average Bonchev–Trinajstić information content (AvgIpc) is 2.25. The molecule has 1 aromatic rings. The van der Waals surface area contributed by atoms with Crippen LogP contribution in [0.2, 0.25) is 5.02 Å². The minimum Gasteiger partial charge on any atom is -0.506 e. The first-order valence-corrected chi connectivity index (χ1v) is 5.29. The highest BCUT2D eigenvalue weighted by molar-refractivity contribution is 9.10. The number of halogens is 2. The van der Waals surface area contributed by atoms with Gasteiger partial charge < -0.3 is 15.9 Å². The van der Waals surface area contributed by atoms with Gasteiger partial charge in [-0.1, -0.05) is 11.6 Å². The van der Waals surface area contributed by atoms with E-state index >= 15 is 0 Å². The van der Waals surface area contributed by atoms with Crippen LogP contribution in [0.4, 0.5) is 5.69 Å². The molecule has 0 radical (unpaired) electrons. The van der Waals surface area contributed by atoms with E-state index in [-0.39, 0.29) is 26.5 Å². The van der Waals surface area contributed by atoms with Crippen molar-refractivity contribution >= 4 is 33.2 Å². The first-order valence-electron chi connectivity index (χ1n) is 4.11. The molecule has 0 fully saturated rings. The van der Waals surface area contributed by atoms with Crippen molar-refractivity contribution < 1.29 is 15.1 Å². The number of aromatic hydroxyl groups is 1. The molecule has 0 unspecified atom stereocenters. The van der Waals surface area contributed by atoms with Crippen molar-refractivity contribution in [2.24, 2.45) is 5.73 Å². The highest BCUT2D eigenvalue weighted by atomic mass is 79.9. The minimum absolute atomic E-state index is 0.0118. The van der Waals surface area contributed by atoms with Crippen molar-refractivity contribution in [3.05, 3.63) is 31.2 Å². The first kappa shape index (κ1) is 13.2. The molecule has 0 aliphatic rings. The van der Waals surface area contributed by atoms with Crippen LogP contribution in [0.1, 0.15) is 11.6 Å². The molecule has 1 rings (SSSR count). The Bertz CT molecular complexity index is 441. The van der Waals surface area contributed by atoms with Gasteiger partial charge in [-0.2, -0.15) is 0 Å². The number of phenols is 1. The zero-order valence-corrected chi connectivity index (χ0v) is 10.2. The third-order valence-electron chi connectivity index (χ3n) is 1.98. The molecule has 1 atom stereocenters. The fourth-order valence-corrected chi connectivity index (χ4v) is 1.78. The Kier molecular flexibility index (Phi) is 4.09. The number of nitro groups is 1. The van der Waals surface area contributed by atoms with Crippen LogP contribution in [0.5, 0.6) is 5.75 Å². The van der Waals surface area contributed by atoms with E-state index in [1.54, 1.807) is 0 Å². The Balaban J connectivity index is 3.47. The van der Waals surface area contributed by atoms with Gasteiger partial charge in [0.1, 0.15) is 10.8 Å². The molecule has 1 aromatic carbocycles. The molecule has 0 saturated carbocycles. The number of benzene rings is 1. The smallest absolute Gasteiger partial charge is 0.289 e. The quantitative estimate of drug-likeness (QED) is 0.581. The van der Waals surface area contributed by atoms with Gasteiger partial charge in [0.25, 0.3) is 5.69 Å². The van der Waals surface area contributed by atoms with Crippen molar-refractivity contribution in [3.8, 4) is 5.75 Å². The number of hydrogen-bond donors (Lipinski definition) is 3. The molecule has 0 amide bonds. The molecule has 0 aliphatic carbocycles. The monoisotopic (exact) mass is 310 g/mol. The number of nitrogens with two attached hydrogens (primary N) is 1. The number of phenolic OH excluding ortho intramolecular Hbond substituents is 1. The Morgan fingerprint density at radius 1 is 1.69 bits per heavy atom. The Morgan fingerprint density at radius 3 is 2.69 bits per heavy atom. The van der Waals surface area contributed by atoms with Crippen molar-refractivity contribution in [3.63, 3.8) is 0 Å². The third-order valence-corrected chi connectivity index (χ3v) is 3.37. The summed E-state index contributed by atoms with van der Waals surface area (Å²) in [7, 11) is 0. The van der Waals surface area contributed by atoms with Crippen LogP contribution in [0.3, 0.4) is 0 Å². The summed E-state index contributed by atoms with van der Waals surface area (Å²) in [6.07, 6.45) is 0. The molecule has 8 heteroatoms. The van der Waals surface area contributed by atoms with Gasteiger partial charge in [0.05, 0.1) is 22.0 Å². The maximum absolute atomic E-state index is 10.7. The van der Waals surface area contributed by atoms with Crippen LogP contribution in [0.25, 0.3) is 0 Å². The van der Waals surface area contributed by atoms with Gasteiger partial charge in [-0.15, -0.1) is 0 Å². The molecule has 4 N–H and O–H groups in total. The normalized spacial score (nSPS) is 12.5. The molecule has 0 spiro atoms. The van der Waals surface area contributed by atoms with E-state index in [0.29, 0.717) is 0 Å². The predicted octanol–water partition coefficient (Wildman–Crippen LogP) is 1.71. The lowest BCUT2D eigenvalue weighted by Gasteiger charge is -2.12. The Morgan fingerprint density at radius 2 is 2.25 bits per heavy atom. The highest BCUT2D eigenvalue weighted by Gasteiger charge is 2.24. The molecule has 16 heavy (non-hydrogen) atoms. The molecule has 6 nitrogen and oxygen atoms in total. The number of aliphatic hydroxyl groups excluding tert-OH is 1. The molecule has 0 heterocycles. The molecular weight excluding hydrogens is 303 g/mol. The molecule has 88 valence electrons. The maximum atomic E-state index is 10.7. The first-order chi connectivity index (χ1) is 7.40. The lowest BCUT2D eigenvalue weighted by atomic mass is 10.1. The van der Waals surface area contributed by atoms with E-state index in [4.69, 9.17) is 22.4 Å². The van der Waals surface area contributed by atoms with E-state index in [0.717, 1.165) is 6.07 Å². The summed E-state index contributed by atoms with van der Waals surface area (Å²) >= 11 is 8.58. The molecular formula is C8H8BrClN2O4. The topological polar surface area (TPSA) is 110 Å². The molecule has 0 bridgehead atoms. The summed E-state index contributed by atoms with van der Waals surface area (Å²) < 4.78 is -0.0118. The van der Waals surface area contributed by atoms with Gasteiger partial charge >= 0.3 is 0 Å². The summed E-state index contributed by atoms with van der Waals surface area (Å²) in [4.78, 5) is 9.97. The van der Waals surface area contributed by atoms with Crippen molar-refractivity contribution in [2.75, 3.05) is 6.61 Å². The van der Waals surface area contributed by atoms with Crippen molar-refractivity contribution in [2.45, 2.75) is 6.04 Å². The highest BCUT2D eigenvalue weighted by Crippen LogP contribution is 2.42. The van der Waals surface area contributed by atoms with Crippen LogP contribution >= 0.6 is 27.5 Å². The fraction of sp³-hybridized carbons (Fsp3) is 0.250.